The summed E-state index contributed by atoms with van der Waals surface area (Å²) < 4.78 is 0. The van der Waals surface area contributed by atoms with E-state index in [4.69, 9.17) is 0 Å². The molecule has 0 aliphatic carbocycles. The molecule has 2 N–H and O–H groups in total. The minimum absolute atomic E-state index is 0.210. The fourth-order valence-corrected chi connectivity index (χ4v) is 4.10. The molecule has 7 heteroatoms. The number of nitrogens with one attached hydrogen (secondary N) is 1. The van der Waals surface area contributed by atoms with Crippen molar-refractivity contribution in [1.29, 1.82) is 0 Å². The summed E-state index contributed by atoms with van der Waals surface area (Å²) in [6.07, 6.45) is 5.26. The van der Waals surface area contributed by atoms with Crippen LogP contribution in [0.15, 0.2) is 24.3 Å². The maximum absolute atomic E-state index is 12.4. The van der Waals surface area contributed by atoms with Crippen molar-refractivity contribution in [2.45, 2.75) is 51.6 Å². The maximum Gasteiger partial charge on any atom is 0.286 e. The minimum Gasteiger partial charge on any atom is -0.396 e. The summed E-state index contributed by atoms with van der Waals surface area (Å²) in [7, 11) is 0. The SMILES string of the molecule is CCc1ccc(NC(=O)c2nnc(CN3CCCCC3CCO)s2)cc1. The van der Waals surface area contributed by atoms with E-state index in [0.717, 1.165) is 36.5 Å². The van der Waals surface area contributed by atoms with E-state index in [2.05, 4.69) is 27.3 Å². The normalized spacial score (nSPS) is 18.0. The number of piperidine rings is 1. The van der Waals surface area contributed by atoms with Crippen molar-refractivity contribution in [3.63, 3.8) is 0 Å². The van der Waals surface area contributed by atoms with Gasteiger partial charge in [0.05, 0.1) is 6.54 Å². The zero-order valence-corrected chi connectivity index (χ0v) is 16.0. The van der Waals surface area contributed by atoms with Gasteiger partial charge in [-0.1, -0.05) is 36.8 Å². The zero-order chi connectivity index (χ0) is 18.4. The number of hydrogen-bond acceptors (Lipinski definition) is 6. The predicted octanol–water partition coefficient (Wildman–Crippen LogP) is 3.09. The Hall–Kier alpha value is -1.83. The number of aliphatic hydroxyl groups excluding tert-OH is 1. The van der Waals surface area contributed by atoms with Crippen LogP contribution in [-0.4, -0.2) is 45.3 Å². The van der Waals surface area contributed by atoms with Crippen molar-refractivity contribution in [3.8, 4) is 0 Å². The highest BCUT2D eigenvalue weighted by molar-refractivity contribution is 7.13. The lowest BCUT2D eigenvalue weighted by Gasteiger charge is -2.34. The van der Waals surface area contributed by atoms with E-state index in [1.54, 1.807) is 0 Å². The molecule has 26 heavy (non-hydrogen) atoms. The molecule has 1 fully saturated rings. The van der Waals surface area contributed by atoms with Crippen LogP contribution in [0.1, 0.15) is 53.0 Å². The number of carbonyl (C=O) groups is 1. The molecule has 0 radical (unpaired) electrons. The van der Waals surface area contributed by atoms with E-state index >= 15 is 0 Å². The number of rotatable bonds is 7. The van der Waals surface area contributed by atoms with Gasteiger partial charge in [-0.25, -0.2) is 0 Å². The number of nitrogens with zero attached hydrogens (tertiary/aromatic N) is 3. The van der Waals surface area contributed by atoms with Crippen molar-refractivity contribution in [2.75, 3.05) is 18.5 Å². The number of anilines is 1. The van der Waals surface area contributed by atoms with Crippen LogP contribution < -0.4 is 5.32 Å². The van der Waals surface area contributed by atoms with Crippen LogP contribution in [0.3, 0.4) is 0 Å². The van der Waals surface area contributed by atoms with Gasteiger partial charge in [0, 0.05) is 18.3 Å². The Labute approximate surface area is 158 Å². The van der Waals surface area contributed by atoms with Crippen molar-refractivity contribution in [2.24, 2.45) is 0 Å². The fraction of sp³-hybridized carbons (Fsp3) is 0.526. The Kier molecular flexibility index (Phi) is 6.71. The first-order valence-electron chi connectivity index (χ1n) is 9.27. The molecule has 0 saturated carbocycles. The van der Waals surface area contributed by atoms with Gasteiger partial charge in [-0.15, -0.1) is 10.2 Å². The van der Waals surface area contributed by atoms with Crippen molar-refractivity contribution >= 4 is 22.9 Å². The summed E-state index contributed by atoms with van der Waals surface area (Å²) in [5, 5.41) is 21.6. The molecule has 1 atom stereocenters. The molecule has 6 nitrogen and oxygen atoms in total. The fourth-order valence-electron chi connectivity index (χ4n) is 3.34. The number of hydrogen-bond donors (Lipinski definition) is 2. The average Bonchev–Trinajstić information content (AvgIpc) is 3.13. The second kappa shape index (κ2) is 9.21. The third kappa shape index (κ3) is 4.87. The predicted molar refractivity (Wildman–Crippen MR) is 103 cm³/mol. The topological polar surface area (TPSA) is 78.4 Å². The van der Waals surface area contributed by atoms with Crippen molar-refractivity contribution in [1.82, 2.24) is 15.1 Å². The second-order valence-corrected chi connectivity index (χ2v) is 7.70. The summed E-state index contributed by atoms with van der Waals surface area (Å²) in [4.78, 5) is 14.7. The molecule has 0 bridgehead atoms. The van der Waals surface area contributed by atoms with Gasteiger partial charge < -0.3 is 10.4 Å². The molecule has 1 aliphatic heterocycles. The number of likely N-dealkylation sites (tertiary alicyclic amines) is 1. The average molecular weight is 375 g/mol. The number of amides is 1. The Morgan fingerprint density at radius 1 is 1.31 bits per heavy atom. The number of benzene rings is 1. The molecule has 140 valence electrons. The highest BCUT2D eigenvalue weighted by Gasteiger charge is 2.23. The molecule has 2 heterocycles. The van der Waals surface area contributed by atoms with Gasteiger partial charge in [0.2, 0.25) is 5.01 Å². The lowest BCUT2D eigenvalue weighted by Crippen LogP contribution is -2.39. The number of aliphatic hydroxyl groups is 1. The van der Waals surface area contributed by atoms with Crippen LogP contribution in [0.25, 0.3) is 0 Å². The van der Waals surface area contributed by atoms with E-state index in [9.17, 15) is 9.90 Å². The molecule has 0 spiro atoms. The van der Waals surface area contributed by atoms with Gasteiger partial charge in [-0.05, 0) is 49.9 Å². The molecule has 1 amide bonds. The number of aryl methyl sites for hydroxylation is 1. The minimum atomic E-state index is -0.219. The van der Waals surface area contributed by atoms with Gasteiger partial charge >= 0.3 is 0 Å². The van der Waals surface area contributed by atoms with Crippen LogP contribution in [-0.2, 0) is 13.0 Å². The van der Waals surface area contributed by atoms with Gasteiger partial charge in [0.15, 0.2) is 0 Å². The molecule has 2 aromatic rings. The molecular formula is C19H26N4O2S. The smallest absolute Gasteiger partial charge is 0.286 e. The molecule has 1 aromatic heterocycles. The van der Waals surface area contributed by atoms with Crippen molar-refractivity contribution < 1.29 is 9.90 Å². The Morgan fingerprint density at radius 3 is 2.85 bits per heavy atom. The van der Waals surface area contributed by atoms with Crippen LogP contribution in [0.2, 0.25) is 0 Å². The van der Waals surface area contributed by atoms with E-state index in [0.29, 0.717) is 17.6 Å². The van der Waals surface area contributed by atoms with Crippen LogP contribution in [0, 0.1) is 0 Å². The molecule has 3 rings (SSSR count). The molecule has 1 aromatic carbocycles. The summed E-state index contributed by atoms with van der Waals surface area (Å²) >= 11 is 1.34. The molecule has 1 saturated heterocycles. The molecular weight excluding hydrogens is 348 g/mol. The van der Waals surface area contributed by atoms with E-state index in [1.807, 2.05) is 24.3 Å². The summed E-state index contributed by atoms with van der Waals surface area (Å²) in [5.74, 6) is -0.219. The lowest BCUT2D eigenvalue weighted by atomic mass is 10.00. The quantitative estimate of drug-likeness (QED) is 0.779. The third-order valence-electron chi connectivity index (χ3n) is 4.83. The standard InChI is InChI=1S/C19H26N4O2S/c1-2-14-6-8-15(9-7-14)20-18(25)19-22-21-17(26-19)13-23-11-4-3-5-16(23)10-12-24/h6-9,16,24H,2-5,10-13H2,1H3,(H,20,25). The summed E-state index contributed by atoms with van der Waals surface area (Å²) in [5.41, 5.74) is 2.00. The number of carbonyl (C=O) groups excluding carboxylic acids is 1. The number of aromatic nitrogens is 2. The van der Waals surface area contributed by atoms with Gasteiger partial charge in [0.25, 0.3) is 5.91 Å². The Bertz CT molecular complexity index is 715. The first-order chi connectivity index (χ1) is 12.7. The highest BCUT2D eigenvalue weighted by atomic mass is 32.1. The van der Waals surface area contributed by atoms with Gasteiger partial charge in [-0.2, -0.15) is 0 Å². The van der Waals surface area contributed by atoms with Gasteiger partial charge in [0.1, 0.15) is 5.01 Å². The Balaban J connectivity index is 1.60. The van der Waals surface area contributed by atoms with Crippen LogP contribution in [0.5, 0.6) is 0 Å². The highest BCUT2D eigenvalue weighted by Crippen LogP contribution is 2.23. The summed E-state index contributed by atoms with van der Waals surface area (Å²) in [6, 6.07) is 8.24. The van der Waals surface area contributed by atoms with Gasteiger partial charge in [-0.3, -0.25) is 9.69 Å². The van der Waals surface area contributed by atoms with E-state index in [1.165, 1.54) is 29.7 Å². The van der Waals surface area contributed by atoms with E-state index < -0.39 is 0 Å². The van der Waals surface area contributed by atoms with Crippen LogP contribution in [0.4, 0.5) is 5.69 Å². The second-order valence-electron chi connectivity index (χ2n) is 6.64. The Morgan fingerprint density at radius 2 is 2.12 bits per heavy atom. The largest absolute Gasteiger partial charge is 0.396 e. The van der Waals surface area contributed by atoms with E-state index in [-0.39, 0.29) is 12.5 Å². The third-order valence-corrected chi connectivity index (χ3v) is 5.74. The first kappa shape index (κ1) is 18.9. The summed E-state index contributed by atoms with van der Waals surface area (Å²) in [6.45, 7) is 4.02. The van der Waals surface area contributed by atoms with Crippen molar-refractivity contribution in [3.05, 3.63) is 39.8 Å². The zero-order valence-electron chi connectivity index (χ0n) is 15.1. The maximum atomic E-state index is 12.4. The lowest BCUT2D eigenvalue weighted by molar-refractivity contribution is 0.102. The molecule has 1 aliphatic rings. The molecule has 1 unspecified atom stereocenters. The first-order valence-corrected chi connectivity index (χ1v) is 10.1. The van der Waals surface area contributed by atoms with Crippen LogP contribution >= 0.6 is 11.3 Å². The monoisotopic (exact) mass is 374 g/mol.